The number of halogens is 3. The smallest absolute Gasteiger partial charge is 0.332 e. The van der Waals surface area contributed by atoms with E-state index in [2.05, 4.69) is 15.7 Å². The van der Waals surface area contributed by atoms with E-state index in [4.69, 9.17) is 0 Å². The lowest BCUT2D eigenvalue weighted by Crippen LogP contribution is -2.40. The minimum atomic E-state index is -4.54. The summed E-state index contributed by atoms with van der Waals surface area (Å²) in [5, 5.41) is 11.0. The lowest BCUT2D eigenvalue weighted by molar-refractivity contribution is -0.141. The number of benzene rings is 1. The fourth-order valence-corrected chi connectivity index (χ4v) is 3.73. The maximum atomic E-state index is 13.2. The molecule has 0 radical (unpaired) electrons. The number of carbonyl (C=O) groups excluding carboxylic acids is 1. The van der Waals surface area contributed by atoms with Crippen molar-refractivity contribution in [3.05, 3.63) is 46.8 Å². The number of carbonyl (C=O) groups is 1. The van der Waals surface area contributed by atoms with E-state index in [-0.39, 0.29) is 12.2 Å². The van der Waals surface area contributed by atoms with Gasteiger partial charge in [0.25, 0.3) is 0 Å². The van der Waals surface area contributed by atoms with Crippen LogP contribution in [0.15, 0.2) is 24.3 Å². The van der Waals surface area contributed by atoms with Gasteiger partial charge in [0.15, 0.2) is 5.69 Å². The van der Waals surface area contributed by atoms with Crippen molar-refractivity contribution in [2.24, 2.45) is 0 Å². The molecule has 164 valence electrons. The molecule has 0 saturated heterocycles. The Bertz CT molecular complexity index is 872. The standard InChI is InChI=1S/C21H28F3N5O/c1-3-10-28(11-4-2)29-18(13-19(27-29)21(22,23)24)14-25-20(30)26-17-9-8-15-6-5-7-16(15)12-17/h8-9,12-13H,3-7,10-11,14H2,1-2H3,(H2,25,26,30). The third-order valence-electron chi connectivity index (χ3n) is 5.07. The summed E-state index contributed by atoms with van der Waals surface area (Å²) in [6.45, 7) is 4.99. The SMILES string of the molecule is CCCN(CCC)n1nc(C(F)(F)F)cc1CNC(=O)Nc1ccc2c(c1)CCC2. The van der Waals surface area contributed by atoms with E-state index >= 15 is 0 Å². The fraction of sp³-hybridized carbons (Fsp3) is 0.524. The monoisotopic (exact) mass is 423 g/mol. The zero-order valence-corrected chi connectivity index (χ0v) is 17.4. The largest absolute Gasteiger partial charge is 0.435 e. The summed E-state index contributed by atoms with van der Waals surface area (Å²) in [6.07, 6.45) is 0.162. The third kappa shape index (κ3) is 5.25. The van der Waals surface area contributed by atoms with Gasteiger partial charge in [-0.15, -0.1) is 5.10 Å². The Hall–Kier alpha value is -2.71. The molecule has 1 aliphatic rings. The molecule has 1 heterocycles. The van der Waals surface area contributed by atoms with Gasteiger partial charge in [-0.1, -0.05) is 19.9 Å². The zero-order valence-electron chi connectivity index (χ0n) is 17.4. The van der Waals surface area contributed by atoms with E-state index < -0.39 is 17.9 Å². The number of amides is 2. The van der Waals surface area contributed by atoms with Crippen molar-refractivity contribution in [1.82, 2.24) is 15.2 Å². The van der Waals surface area contributed by atoms with Crippen LogP contribution in [0.25, 0.3) is 0 Å². The predicted octanol–water partition coefficient (Wildman–Crippen LogP) is 4.47. The average Bonchev–Trinajstić information content (AvgIpc) is 3.32. The minimum absolute atomic E-state index is 0.0657. The molecule has 1 aromatic carbocycles. The molecule has 0 unspecified atom stereocenters. The van der Waals surface area contributed by atoms with Crippen molar-refractivity contribution in [1.29, 1.82) is 0 Å². The number of anilines is 1. The lowest BCUT2D eigenvalue weighted by Gasteiger charge is -2.25. The zero-order chi connectivity index (χ0) is 21.7. The second-order valence-corrected chi connectivity index (χ2v) is 7.51. The average molecular weight is 423 g/mol. The third-order valence-corrected chi connectivity index (χ3v) is 5.07. The highest BCUT2D eigenvalue weighted by Crippen LogP contribution is 2.29. The first-order valence-electron chi connectivity index (χ1n) is 10.4. The van der Waals surface area contributed by atoms with Crippen molar-refractivity contribution in [2.75, 3.05) is 23.4 Å². The Labute approximate surface area is 174 Å². The van der Waals surface area contributed by atoms with E-state index in [1.54, 1.807) is 5.01 Å². The first-order valence-corrected chi connectivity index (χ1v) is 10.4. The summed E-state index contributed by atoms with van der Waals surface area (Å²) < 4.78 is 39.7. The molecular formula is C21H28F3N5O. The molecule has 2 amide bonds. The van der Waals surface area contributed by atoms with Gasteiger partial charge in [-0.2, -0.15) is 18.0 Å². The van der Waals surface area contributed by atoms with Crippen LogP contribution < -0.4 is 15.6 Å². The molecule has 0 spiro atoms. The number of fused-ring (bicyclic) bond motifs is 1. The van der Waals surface area contributed by atoms with Crippen LogP contribution in [0.5, 0.6) is 0 Å². The summed E-state index contributed by atoms with van der Waals surface area (Å²) in [7, 11) is 0. The van der Waals surface area contributed by atoms with Gasteiger partial charge in [0.05, 0.1) is 12.2 Å². The molecular weight excluding hydrogens is 395 g/mol. The Morgan fingerprint density at radius 3 is 2.50 bits per heavy atom. The number of hydrogen-bond donors (Lipinski definition) is 2. The molecule has 30 heavy (non-hydrogen) atoms. The van der Waals surface area contributed by atoms with Crippen molar-refractivity contribution in [3.63, 3.8) is 0 Å². The number of nitrogens with zero attached hydrogens (tertiary/aromatic N) is 3. The van der Waals surface area contributed by atoms with Crippen molar-refractivity contribution in [2.45, 2.75) is 58.7 Å². The quantitative estimate of drug-likeness (QED) is 0.659. The number of rotatable bonds is 8. The first-order chi connectivity index (χ1) is 14.3. The van der Waals surface area contributed by atoms with Gasteiger partial charge in [0.1, 0.15) is 0 Å². The van der Waals surface area contributed by atoms with E-state index in [0.29, 0.717) is 18.8 Å². The minimum Gasteiger partial charge on any atom is -0.332 e. The maximum Gasteiger partial charge on any atom is 0.435 e. The van der Waals surface area contributed by atoms with E-state index in [1.807, 2.05) is 32.0 Å². The Balaban J connectivity index is 1.71. The second-order valence-electron chi connectivity index (χ2n) is 7.51. The molecule has 9 heteroatoms. The summed E-state index contributed by atoms with van der Waals surface area (Å²) in [5.41, 5.74) is 2.53. The van der Waals surface area contributed by atoms with Crippen LogP contribution in [0, 0.1) is 0 Å². The second kappa shape index (κ2) is 9.40. The van der Waals surface area contributed by atoms with Crippen LogP contribution in [0.2, 0.25) is 0 Å². The molecule has 0 fully saturated rings. The van der Waals surface area contributed by atoms with E-state index in [0.717, 1.165) is 38.2 Å². The highest BCUT2D eigenvalue weighted by molar-refractivity contribution is 5.89. The van der Waals surface area contributed by atoms with E-state index in [1.165, 1.54) is 15.9 Å². The number of aryl methyl sites for hydroxylation is 2. The van der Waals surface area contributed by atoms with Gasteiger partial charge >= 0.3 is 12.2 Å². The molecule has 0 aliphatic heterocycles. The number of alkyl halides is 3. The van der Waals surface area contributed by atoms with Crippen LogP contribution in [-0.2, 0) is 25.6 Å². The van der Waals surface area contributed by atoms with Crippen LogP contribution in [0.4, 0.5) is 23.7 Å². The molecule has 6 nitrogen and oxygen atoms in total. The van der Waals surface area contributed by atoms with Crippen LogP contribution in [0.1, 0.15) is 55.6 Å². The molecule has 2 aromatic rings. The van der Waals surface area contributed by atoms with Gasteiger partial charge in [-0.3, -0.25) is 5.01 Å². The van der Waals surface area contributed by atoms with Gasteiger partial charge in [0, 0.05) is 18.8 Å². The molecule has 0 saturated carbocycles. The van der Waals surface area contributed by atoms with Crippen molar-refractivity contribution in [3.8, 4) is 0 Å². The predicted molar refractivity (Wildman–Crippen MR) is 110 cm³/mol. The molecule has 1 aromatic heterocycles. The summed E-state index contributed by atoms with van der Waals surface area (Å²) in [6, 6.07) is 6.34. The van der Waals surface area contributed by atoms with Gasteiger partial charge < -0.3 is 10.6 Å². The number of urea groups is 1. The molecule has 0 atom stereocenters. The Morgan fingerprint density at radius 1 is 1.13 bits per heavy atom. The highest BCUT2D eigenvalue weighted by Gasteiger charge is 2.35. The van der Waals surface area contributed by atoms with E-state index in [9.17, 15) is 18.0 Å². The lowest BCUT2D eigenvalue weighted by atomic mass is 10.1. The fourth-order valence-electron chi connectivity index (χ4n) is 3.73. The van der Waals surface area contributed by atoms with Crippen molar-refractivity contribution < 1.29 is 18.0 Å². The maximum absolute atomic E-state index is 13.2. The highest BCUT2D eigenvalue weighted by atomic mass is 19.4. The Morgan fingerprint density at radius 2 is 1.83 bits per heavy atom. The van der Waals surface area contributed by atoms with Gasteiger partial charge in [-0.05, 0) is 61.4 Å². The van der Waals surface area contributed by atoms with Crippen LogP contribution in [0.3, 0.4) is 0 Å². The topological polar surface area (TPSA) is 62.2 Å². The van der Waals surface area contributed by atoms with Crippen LogP contribution >= 0.6 is 0 Å². The number of nitrogens with one attached hydrogen (secondary N) is 2. The molecule has 0 bridgehead atoms. The number of aromatic nitrogens is 2. The van der Waals surface area contributed by atoms with Crippen molar-refractivity contribution >= 4 is 11.7 Å². The molecule has 3 rings (SSSR count). The summed E-state index contributed by atoms with van der Waals surface area (Å²) in [4.78, 5) is 13.6. The summed E-state index contributed by atoms with van der Waals surface area (Å²) in [5.74, 6) is 0. The molecule has 2 N–H and O–H groups in total. The van der Waals surface area contributed by atoms with Crippen LogP contribution in [-0.4, -0.2) is 29.0 Å². The number of hydrogen-bond acceptors (Lipinski definition) is 3. The normalized spacial score (nSPS) is 13.2. The molecule has 1 aliphatic carbocycles. The van der Waals surface area contributed by atoms with Gasteiger partial charge in [0.2, 0.25) is 0 Å². The summed E-state index contributed by atoms with van der Waals surface area (Å²) >= 11 is 0. The first kappa shape index (κ1) is 22.0. The Kier molecular flexibility index (Phi) is 6.89. The van der Waals surface area contributed by atoms with Gasteiger partial charge in [-0.25, -0.2) is 4.79 Å².